The fourth-order valence-corrected chi connectivity index (χ4v) is 5.23. The summed E-state index contributed by atoms with van der Waals surface area (Å²) in [5.41, 5.74) is 0. The maximum absolute atomic E-state index is 12.0. The molecular weight excluding hydrogens is 448 g/mol. The highest BCUT2D eigenvalue weighted by atomic mass is 16.2. The summed E-state index contributed by atoms with van der Waals surface area (Å²) in [6.45, 7) is 4.45. The number of carbonyl (C=O) groups is 4. The van der Waals surface area contributed by atoms with Crippen molar-refractivity contribution in [2.45, 2.75) is 168 Å². The van der Waals surface area contributed by atoms with Gasteiger partial charge in [0, 0.05) is 11.8 Å². The van der Waals surface area contributed by atoms with Gasteiger partial charge in [0.15, 0.2) is 24.1 Å². The zero-order valence-corrected chi connectivity index (χ0v) is 23.9. The number of carbonyl (C=O) groups excluding carboxylic acids is 4. The summed E-state index contributed by atoms with van der Waals surface area (Å²) in [5, 5.41) is 0. The van der Waals surface area contributed by atoms with Gasteiger partial charge < -0.3 is 0 Å². The maximum Gasteiger partial charge on any atom is 0.198 e. The highest BCUT2D eigenvalue weighted by Gasteiger charge is 2.18. The number of hydrogen-bond acceptors (Lipinski definition) is 4. The normalized spacial score (nSPS) is 12.8. The molecule has 2 atom stereocenters. The van der Waals surface area contributed by atoms with Crippen molar-refractivity contribution in [3.05, 3.63) is 0 Å². The Hall–Kier alpha value is -1.32. The second-order valence-electron chi connectivity index (χ2n) is 11.0. The first-order chi connectivity index (χ1) is 17.6. The third-order valence-electron chi connectivity index (χ3n) is 7.70. The Balaban J connectivity index is 3.93. The fourth-order valence-electron chi connectivity index (χ4n) is 5.23. The second-order valence-corrected chi connectivity index (χ2v) is 11.0. The number of Topliss-reactive ketones (excluding diaryl/α,β-unsaturated/α-hetero) is 2. The number of aldehydes is 2. The Morgan fingerprint density at radius 1 is 0.417 bits per heavy atom. The Kier molecular flexibility index (Phi) is 25.8. The van der Waals surface area contributed by atoms with Gasteiger partial charge >= 0.3 is 0 Å². The van der Waals surface area contributed by atoms with Crippen LogP contribution in [0.15, 0.2) is 0 Å². The SMILES string of the molecule is CCCCCCCCCC(CCCCCCCCC(CCCCCCCCC)C(=O)C=O)C(=O)C=O. The summed E-state index contributed by atoms with van der Waals surface area (Å²) in [6, 6.07) is 0. The molecule has 0 aliphatic rings. The molecule has 4 nitrogen and oxygen atoms in total. The largest absolute Gasteiger partial charge is 0.295 e. The molecule has 0 aliphatic heterocycles. The van der Waals surface area contributed by atoms with Gasteiger partial charge in [0.05, 0.1) is 0 Å². The molecule has 0 aromatic heterocycles. The van der Waals surface area contributed by atoms with Gasteiger partial charge in [-0.25, -0.2) is 0 Å². The quantitative estimate of drug-likeness (QED) is 0.0576. The van der Waals surface area contributed by atoms with Crippen LogP contribution >= 0.6 is 0 Å². The maximum atomic E-state index is 12.0. The monoisotopic (exact) mass is 506 g/mol. The van der Waals surface area contributed by atoms with E-state index in [1.54, 1.807) is 0 Å². The second kappa shape index (κ2) is 26.7. The minimum Gasteiger partial charge on any atom is -0.295 e. The molecule has 0 N–H and O–H groups in total. The van der Waals surface area contributed by atoms with E-state index in [4.69, 9.17) is 0 Å². The van der Waals surface area contributed by atoms with Gasteiger partial charge in [-0.05, 0) is 25.7 Å². The molecular formula is C32H58O4. The molecule has 0 saturated heterocycles. The van der Waals surface area contributed by atoms with Crippen LogP contribution in [0.3, 0.4) is 0 Å². The van der Waals surface area contributed by atoms with Crippen LogP contribution in [0.5, 0.6) is 0 Å². The van der Waals surface area contributed by atoms with Gasteiger partial charge in [0.1, 0.15) is 0 Å². The highest BCUT2D eigenvalue weighted by molar-refractivity contribution is 6.26. The molecule has 0 aromatic rings. The fraction of sp³-hybridized carbons (Fsp3) is 0.875. The third kappa shape index (κ3) is 20.8. The van der Waals surface area contributed by atoms with Crippen molar-refractivity contribution in [2.75, 3.05) is 0 Å². The van der Waals surface area contributed by atoms with Crippen LogP contribution in [0.25, 0.3) is 0 Å². The van der Waals surface area contributed by atoms with Crippen LogP contribution in [0.2, 0.25) is 0 Å². The molecule has 36 heavy (non-hydrogen) atoms. The zero-order valence-electron chi connectivity index (χ0n) is 23.9. The predicted octanol–water partition coefficient (Wildman–Crippen LogP) is 9.16. The number of ketones is 2. The van der Waals surface area contributed by atoms with E-state index in [1.165, 1.54) is 77.0 Å². The third-order valence-corrected chi connectivity index (χ3v) is 7.70. The molecule has 0 saturated carbocycles. The van der Waals surface area contributed by atoms with E-state index < -0.39 is 0 Å². The first-order valence-electron chi connectivity index (χ1n) is 15.6. The lowest BCUT2D eigenvalue weighted by molar-refractivity contribution is -0.133. The lowest BCUT2D eigenvalue weighted by Gasteiger charge is -2.14. The Labute approximate surface area is 223 Å². The minimum atomic E-state index is -0.215. The van der Waals surface area contributed by atoms with Crippen LogP contribution in [0, 0.1) is 11.8 Å². The average Bonchev–Trinajstić information content (AvgIpc) is 2.90. The smallest absolute Gasteiger partial charge is 0.198 e. The van der Waals surface area contributed by atoms with E-state index >= 15 is 0 Å². The topological polar surface area (TPSA) is 68.3 Å². The molecule has 0 rings (SSSR count). The van der Waals surface area contributed by atoms with E-state index in [-0.39, 0.29) is 23.4 Å². The van der Waals surface area contributed by atoms with Crippen molar-refractivity contribution in [3.8, 4) is 0 Å². The van der Waals surface area contributed by atoms with E-state index in [0.29, 0.717) is 12.6 Å². The van der Waals surface area contributed by atoms with Crippen LogP contribution < -0.4 is 0 Å². The molecule has 0 fully saturated rings. The van der Waals surface area contributed by atoms with Crippen molar-refractivity contribution < 1.29 is 19.2 Å². The van der Waals surface area contributed by atoms with E-state index in [9.17, 15) is 19.2 Å². The van der Waals surface area contributed by atoms with Gasteiger partial charge in [0.2, 0.25) is 0 Å². The van der Waals surface area contributed by atoms with Crippen LogP contribution in [0.1, 0.15) is 168 Å². The minimum absolute atomic E-state index is 0.0834. The summed E-state index contributed by atoms with van der Waals surface area (Å²) in [4.78, 5) is 46.0. The Bertz CT molecular complexity index is 494. The summed E-state index contributed by atoms with van der Waals surface area (Å²) in [6.07, 6.45) is 28.1. The summed E-state index contributed by atoms with van der Waals surface area (Å²) in [5.74, 6) is -0.597. The molecule has 4 heteroatoms. The van der Waals surface area contributed by atoms with Crippen molar-refractivity contribution in [1.29, 1.82) is 0 Å². The lowest BCUT2D eigenvalue weighted by atomic mass is 9.90. The molecule has 2 unspecified atom stereocenters. The zero-order chi connectivity index (χ0) is 26.7. The molecule has 0 spiro atoms. The van der Waals surface area contributed by atoms with Crippen molar-refractivity contribution in [2.24, 2.45) is 11.8 Å². The molecule has 0 amide bonds. The average molecular weight is 507 g/mol. The standard InChI is InChI=1S/C32H58O4/c1-3-5-7-9-11-15-19-23-29(31(35)27-33)25-21-17-13-14-18-22-26-30(32(36)28-34)24-20-16-12-10-8-6-4-2/h27-30H,3-26H2,1-2H3. The van der Waals surface area contributed by atoms with Gasteiger partial charge in [-0.2, -0.15) is 0 Å². The highest BCUT2D eigenvalue weighted by Crippen LogP contribution is 2.22. The van der Waals surface area contributed by atoms with Gasteiger partial charge in [0.25, 0.3) is 0 Å². The van der Waals surface area contributed by atoms with Crippen molar-refractivity contribution in [3.63, 3.8) is 0 Å². The molecule has 0 bridgehead atoms. The summed E-state index contributed by atoms with van der Waals surface area (Å²) < 4.78 is 0. The van der Waals surface area contributed by atoms with Gasteiger partial charge in [-0.3, -0.25) is 19.2 Å². The predicted molar refractivity (Wildman–Crippen MR) is 151 cm³/mol. The molecule has 0 heterocycles. The van der Waals surface area contributed by atoms with E-state index in [2.05, 4.69) is 13.8 Å². The molecule has 0 aliphatic carbocycles. The Morgan fingerprint density at radius 2 is 0.639 bits per heavy atom. The van der Waals surface area contributed by atoms with Crippen LogP contribution in [-0.4, -0.2) is 24.1 Å². The number of unbranched alkanes of at least 4 members (excludes halogenated alkanes) is 17. The molecule has 0 aromatic carbocycles. The first-order valence-corrected chi connectivity index (χ1v) is 15.6. The number of rotatable bonds is 29. The van der Waals surface area contributed by atoms with E-state index in [1.807, 2.05) is 0 Å². The molecule has 0 radical (unpaired) electrons. The lowest BCUT2D eigenvalue weighted by Crippen LogP contribution is -2.16. The van der Waals surface area contributed by atoms with Crippen LogP contribution in [0.4, 0.5) is 0 Å². The summed E-state index contributed by atoms with van der Waals surface area (Å²) >= 11 is 0. The van der Waals surface area contributed by atoms with E-state index in [0.717, 1.165) is 77.0 Å². The van der Waals surface area contributed by atoms with Crippen LogP contribution in [-0.2, 0) is 19.2 Å². The van der Waals surface area contributed by atoms with Gasteiger partial charge in [-0.1, -0.05) is 142 Å². The van der Waals surface area contributed by atoms with Crippen molar-refractivity contribution >= 4 is 24.1 Å². The van der Waals surface area contributed by atoms with Gasteiger partial charge in [-0.15, -0.1) is 0 Å². The van der Waals surface area contributed by atoms with Crippen molar-refractivity contribution in [1.82, 2.24) is 0 Å². The number of hydrogen-bond donors (Lipinski definition) is 0. The first kappa shape index (κ1) is 34.7. The summed E-state index contributed by atoms with van der Waals surface area (Å²) in [7, 11) is 0. The Morgan fingerprint density at radius 3 is 0.861 bits per heavy atom. The molecule has 210 valence electrons.